The van der Waals surface area contributed by atoms with Crippen LogP contribution in [0.15, 0.2) is 33.2 Å². The van der Waals surface area contributed by atoms with E-state index in [4.69, 9.17) is 18.4 Å². The van der Waals surface area contributed by atoms with E-state index in [1.165, 1.54) is 18.9 Å². The standard InChI is InChI=1S/C17H16F2N2O4/c18-15(19)5-6-22-16-8-14(25-21-16)17-20-12-7-11(3-4-13(12)24-17)23-9-10-1-2-10/h3-4,7-8,10,15H,1-2,5-6,9H2. The number of halogens is 2. The van der Waals surface area contributed by atoms with Gasteiger partial charge in [-0.05, 0) is 36.0 Å². The van der Waals surface area contributed by atoms with Crippen LogP contribution in [-0.4, -0.2) is 29.8 Å². The first-order chi connectivity index (χ1) is 12.2. The van der Waals surface area contributed by atoms with Gasteiger partial charge in [-0.3, -0.25) is 0 Å². The Kier molecular flexibility index (Phi) is 4.25. The Morgan fingerprint density at radius 3 is 2.88 bits per heavy atom. The number of benzene rings is 1. The fourth-order valence-electron chi connectivity index (χ4n) is 2.28. The Hall–Kier alpha value is -2.64. The lowest BCUT2D eigenvalue weighted by Crippen LogP contribution is -2.02. The number of oxazole rings is 1. The number of fused-ring (bicyclic) bond motifs is 1. The molecule has 0 amide bonds. The van der Waals surface area contributed by atoms with Crippen LogP contribution in [0.4, 0.5) is 8.78 Å². The molecule has 1 fully saturated rings. The molecule has 0 radical (unpaired) electrons. The summed E-state index contributed by atoms with van der Waals surface area (Å²) >= 11 is 0. The topological polar surface area (TPSA) is 70.5 Å². The van der Waals surface area contributed by atoms with Crippen LogP contribution >= 0.6 is 0 Å². The van der Waals surface area contributed by atoms with Crippen molar-refractivity contribution in [1.29, 1.82) is 0 Å². The van der Waals surface area contributed by atoms with E-state index in [0.29, 0.717) is 17.0 Å². The van der Waals surface area contributed by atoms with Crippen molar-refractivity contribution in [3.63, 3.8) is 0 Å². The molecule has 0 spiro atoms. The van der Waals surface area contributed by atoms with E-state index in [1.54, 1.807) is 12.1 Å². The van der Waals surface area contributed by atoms with Gasteiger partial charge >= 0.3 is 0 Å². The van der Waals surface area contributed by atoms with Gasteiger partial charge in [0.1, 0.15) is 11.3 Å². The van der Waals surface area contributed by atoms with Crippen LogP contribution < -0.4 is 9.47 Å². The number of rotatable bonds is 8. The largest absolute Gasteiger partial charge is 0.493 e. The number of nitrogens with zero attached hydrogens (tertiary/aromatic N) is 2. The average molecular weight is 350 g/mol. The van der Waals surface area contributed by atoms with Gasteiger partial charge in [0.25, 0.3) is 11.8 Å². The molecule has 1 aliphatic carbocycles. The molecule has 1 aliphatic rings. The third-order valence-electron chi connectivity index (χ3n) is 3.83. The summed E-state index contributed by atoms with van der Waals surface area (Å²) in [5.74, 6) is 2.04. The summed E-state index contributed by atoms with van der Waals surface area (Å²) in [6.07, 6.45) is -0.332. The van der Waals surface area contributed by atoms with E-state index in [1.807, 2.05) is 6.07 Å². The second-order valence-electron chi connectivity index (χ2n) is 5.96. The molecule has 8 heteroatoms. The third kappa shape index (κ3) is 3.89. The molecule has 4 rings (SSSR count). The van der Waals surface area contributed by atoms with Crippen molar-refractivity contribution in [1.82, 2.24) is 10.1 Å². The zero-order valence-electron chi connectivity index (χ0n) is 13.3. The molecule has 1 saturated carbocycles. The van der Waals surface area contributed by atoms with Gasteiger partial charge in [0, 0.05) is 12.5 Å². The smallest absolute Gasteiger partial charge is 0.267 e. The first kappa shape index (κ1) is 15.9. The molecular formula is C17H16F2N2O4. The van der Waals surface area contributed by atoms with E-state index in [2.05, 4.69) is 10.1 Å². The predicted octanol–water partition coefficient (Wildman–Crippen LogP) is 4.31. The van der Waals surface area contributed by atoms with E-state index in [9.17, 15) is 8.78 Å². The van der Waals surface area contributed by atoms with Crippen LogP contribution in [0.1, 0.15) is 19.3 Å². The average Bonchev–Trinajstić information content (AvgIpc) is 3.13. The number of hydrogen-bond acceptors (Lipinski definition) is 6. The molecule has 0 aliphatic heterocycles. The quantitative estimate of drug-likeness (QED) is 0.603. The van der Waals surface area contributed by atoms with Crippen LogP contribution in [0.2, 0.25) is 0 Å². The monoisotopic (exact) mass is 350 g/mol. The lowest BCUT2D eigenvalue weighted by molar-refractivity contribution is 0.112. The van der Waals surface area contributed by atoms with E-state index < -0.39 is 6.43 Å². The molecule has 0 N–H and O–H groups in total. The first-order valence-corrected chi connectivity index (χ1v) is 8.09. The van der Waals surface area contributed by atoms with E-state index in [0.717, 1.165) is 12.4 Å². The predicted molar refractivity (Wildman–Crippen MR) is 83.8 cm³/mol. The number of aromatic nitrogens is 2. The highest BCUT2D eigenvalue weighted by atomic mass is 19.3. The minimum atomic E-state index is -2.42. The van der Waals surface area contributed by atoms with Gasteiger partial charge in [-0.25, -0.2) is 13.8 Å². The molecule has 132 valence electrons. The minimum Gasteiger partial charge on any atom is -0.493 e. The summed E-state index contributed by atoms with van der Waals surface area (Å²) in [5.41, 5.74) is 1.23. The van der Waals surface area contributed by atoms with Crippen LogP contribution in [0.5, 0.6) is 11.6 Å². The van der Waals surface area contributed by atoms with Gasteiger partial charge in [-0.2, -0.15) is 0 Å². The molecule has 3 aromatic rings. The van der Waals surface area contributed by atoms with Crippen molar-refractivity contribution in [3.05, 3.63) is 24.3 Å². The van der Waals surface area contributed by atoms with Crippen molar-refractivity contribution >= 4 is 11.1 Å². The number of ether oxygens (including phenoxy) is 2. The molecule has 0 saturated heterocycles. The van der Waals surface area contributed by atoms with Crippen LogP contribution in [0, 0.1) is 5.92 Å². The Morgan fingerprint density at radius 2 is 2.08 bits per heavy atom. The van der Waals surface area contributed by atoms with Gasteiger partial charge < -0.3 is 18.4 Å². The van der Waals surface area contributed by atoms with E-state index in [-0.39, 0.29) is 30.6 Å². The van der Waals surface area contributed by atoms with Crippen LogP contribution in [0.25, 0.3) is 22.8 Å². The van der Waals surface area contributed by atoms with Gasteiger partial charge in [0.15, 0.2) is 5.58 Å². The third-order valence-corrected chi connectivity index (χ3v) is 3.83. The van der Waals surface area contributed by atoms with Crippen molar-refractivity contribution in [3.8, 4) is 23.3 Å². The molecule has 0 atom stereocenters. The Labute approximate surface area is 141 Å². The van der Waals surface area contributed by atoms with Crippen molar-refractivity contribution in [2.24, 2.45) is 5.92 Å². The molecule has 6 nitrogen and oxygen atoms in total. The summed E-state index contributed by atoms with van der Waals surface area (Å²) in [6, 6.07) is 6.88. The first-order valence-electron chi connectivity index (χ1n) is 8.09. The zero-order chi connectivity index (χ0) is 17.2. The Bertz CT molecular complexity index is 857. The van der Waals surface area contributed by atoms with Gasteiger partial charge in [-0.1, -0.05) is 0 Å². The van der Waals surface area contributed by atoms with Crippen molar-refractivity contribution in [2.45, 2.75) is 25.7 Å². The zero-order valence-corrected chi connectivity index (χ0v) is 13.3. The normalized spacial score (nSPS) is 14.4. The van der Waals surface area contributed by atoms with E-state index >= 15 is 0 Å². The fraction of sp³-hybridized carbons (Fsp3) is 0.412. The molecule has 25 heavy (non-hydrogen) atoms. The summed E-state index contributed by atoms with van der Waals surface area (Å²) in [5, 5.41) is 3.67. The highest BCUT2D eigenvalue weighted by Gasteiger charge is 2.22. The lowest BCUT2D eigenvalue weighted by atomic mass is 10.3. The molecule has 1 aromatic carbocycles. The maximum atomic E-state index is 12.1. The molecular weight excluding hydrogens is 334 g/mol. The van der Waals surface area contributed by atoms with Gasteiger partial charge in [-0.15, -0.1) is 0 Å². The second-order valence-corrected chi connectivity index (χ2v) is 5.96. The Balaban J connectivity index is 1.46. The SMILES string of the molecule is FC(F)CCOc1cc(-c2nc3cc(OCC4CC4)ccc3o2)on1. The maximum absolute atomic E-state index is 12.1. The van der Waals surface area contributed by atoms with Crippen molar-refractivity contribution < 1.29 is 27.2 Å². The summed E-state index contributed by atoms with van der Waals surface area (Å²) < 4.78 is 45.8. The fourth-order valence-corrected chi connectivity index (χ4v) is 2.28. The van der Waals surface area contributed by atoms with Gasteiger partial charge in [0.05, 0.1) is 19.3 Å². The highest BCUT2D eigenvalue weighted by molar-refractivity contribution is 5.77. The van der Waals surface area contributed by atoms with Crippen LogP contribution in [0.3, 0.4) is 0 Å². The molecule has 2 heterocycles. The minimum absolute atomic E-state index is 0.117. The maximum Gasteiger partial charge on any atom is 0.267 e. The summed E-state index contributed by atoms with van der Waals surface area (Å²) in [6.45, 7) is 0.580. The lowest BCUT2D eigenvalue weighted by Gasteiger charge is -2.03. The van der Waals surface area contributed by atoms with Crippen LogP contribution in [-0.2, 0) is 0 Å². The van der Waals surface area contributed by atoms with Gasteiger partial charge in [0.2, 0.25) is 12.2 Å². The number of hydrogen-bond donors (Lipinski definition) is 0. The summed E-state index contributed by atoms with van der Waals surface area (Å²) in [4.78, 5) is 4.35. The highest BCUT2D eigenvalue weighted by Crippen LogP contribution is 2.31. The summed E-state index contributed by atoms with van der Waals surface area (Å²) in [7, 11) is 0. The van der Waals surface area contributed by atoms with Crippen molar-refractivity contribution in [2.75, 3.05) is 13.2 Å². The molecule has 0 unspecified atom stereocenters. The number of alkyl halides is 2. The molecule has 0 bridgehead atoms. The second kappa shape index (κ2) is 6.70. The molecule has 2 aromatic heterocycles. The Morgan fingerprint density at radius 1 is 1.20 bits per heavy atom.